The average Bonchev–Trinajstić information content (AvgIpc) is 3.26. The van der Waals surface area contributed by atoms with Crippen LogP contribution in [0.4, 0.5) is 0 Å². The van der Waals surface area contributed by atoms with Gasteiger partial charge in [-0.1, -0.05) is 67.4 Å². The fraction of sp³-hybridized carbons (Fsp3) is 0.455. The molecule has 2 saturated carbocycles. The number of thiazole rings is 1. The molecule has 1 atom stereocenters. The summed E-state index contributed by atoms with van der Waals surface area (Å²) in [7, 11) is 0. The number of benzene rings is 2. The number of rotatable bonds is 12. The average molecular weight is 562 g/mol. The number of aliphatic hydroxyl groups is 1. The number of nitrogens with zero attached hydrogens (tertiary/aromatic N) is 1. The van der Waals surface area contributed by atoms with Crippen molar-refractivity contribution in [3.8, 4) is 0 Å². The van der Waals surface area contributed by atoms with E-state index in [2.05, 4.69) is 47.9 Å². The molecular weight excluding hydrogens is 523 g/mol. The van der Waals surface area contributed by atoms with Gasteiger partial charge < -0.3 is 10.2 Å². The minimum absolute atomic E-state index is 0.170. The lowest BCUT2D eigenvalue weighted by atomic mass is 9.90. The van der Waals surface area contributed by atoms with Gasteiger partial charge >= 0.3 is 5.97 Å². The van der Waals surface area contributed by atoms with Gasteiger partial charge in [-0.2, -0.15) is 0 Å². The fourth-order valence-corrected chi connectivity index (χ4v) is 8.24. The van der Waals surface area contributed by atoms with Gasteiger partial charge in [-0.3, -0.25) is 4.79 Å². The summed E-state index contributed by atoms with van der Waals surface area (Å²) < 4.78 is -0.171. The molecule has 1 unspecified atom stereocenters. The standard InChI is InChI=1S/C33H39NO3S2/c1-32(2,37)27-13-6-5-9-24(27)15-16-29(39-33(18-19-33)21-31(35)36)26-12-7-8-23(20-26)14-17-30-34-28(22-38-30)25-10-3-4-11-25/h5-9,12-14,17,20,22,25,29,37H,3-4,10-11,15-16,18-19,21H2,1-2H3,(H,35,36)/b17-14+. The van der Waals surface area contributed by atoms with Crippen molar-refractivity contribution < 1.29 is 15.0 Å². The molecule has 2 aliphatic rings. The lowest BCUT2D eigenvalue weighted by Crippen LogP contribution is -2.18. The highest BCUT2D eigenvalue weighted by Crippen LogP contribution is 2.57. The third-order valence-corrected chi connectivity index (χ3v) is 10.7. The van der Waals surface area contributed by atoms with Gasteiger partial charge in [0.25, 0.3) is 0 Å². The van der Waals surface area contributed by atoms with E-state index in [9.17, 15) is 15.0 Å². The van der Waals surface area contributed by atoms with Crippen LogP contribution < -0.4 is 0 Å². The van der Waals surface area contributed by atoms with Gasteiger partial charge in [0.1, 0.15) is 5.01 Å². The molecule has 3 aromatic rings. The topological polar surface area (TPSA) is 70.4 Å². The van der Waals surface area contributed by atoms with Crippen LogP contribution in [0, 0.1) is 0 Å². The van der Waals surface area contributed by atoms with Crippen molar-refractivity contribution in [2.24, 2.45) is 0 Å². The number of hydrogen-bond donors (Lipinski definition) is 2. The number of thioether (sulfide) groups is 1. The predicted molar refractivity (Wildman–Crippen MR) is 163 cm³/mol. The van der Waals surface area contributed by atoms with Crippen LogP contribution in [0.25, 0.3) is 12.2 Å². The zero-order valence-corrected chi connectivity index (χ0v) is 24.6. The maximum atomic E-state index is 11.6. The monoisotopic (exact) mass is 561 g/mol. The molecule has 0 spiro atoms. The fourth-order valence-electron chi connectivity index (χ4n) is 5.79. The molecule has 1 heterocycles. The van der Waals surface area contributed by atoms with E-state index in [1.54, 1.807) is 11.3 Å². The van der Waals surface area contributed by atoms with Crippen molar-refractivity contribution in [2.45, 2.75) is 93.2 Å². The SMILES string of the molecule is CC(C)(O)c1ccccc1CCC(SC1(CC(=O)O)CC1)c1cccc(/C=C/c2nc(C3CCCC3)cs2)c1. The Balaban J connectivity index is 1.35. The van der Waals surface area contributed by atoms with Crippen LogP contribution in [0.5, 0.6) is 0 Å². The van der Waals surface area contributed by atoms with Crippen molar-refractivity contribution in [3.63, 3.8) is 0 Å². The highest BCUT2D eigenvalue weighted by Gasteiger charge is 2.47. The zero-order valence-electron chi connectivity index (χ0n) is 22.9. The van der Waals surface area contributed by atoms with Crippen LogP contribution in [0.2, 0.25) is 0 Å². The number of aromatic nitrogens is 1. The molecule has 39 heavy (non-hydrogen) atoms. The van der Waals surface area contributed by atoms with Crippen LogP contribution in [-0.4, -0.2) is 25.9 Å². The smallest absolute Gasteiger partial charge is 0.304 e. The third-order valence-electron chi connectivity index (χ3n) is 8.04. The maximum Gasteiger partial charge on any atom is 0.304 e. The minimum Gasteiger partial charge on any atom is -0.481 e. The molecule has 2 aromatic carbocycles. The number of carboxylic acids is 1. The van der Waals surface area contributed by atoms with Gasteiger partial charge in [0.15, 0.2) is 0 Å². The summed E-state index contributed by atoms with van der Waals surface area (Å²) in [5.41, 5.74) is 4.82. The molecule has 1 aromatic heterocycles. The molecule has 5 rings (SSSR count). The minimum atomic E-state index is -0.904. The predicted octanol–water partition coefficient (Wildman–Crippen LogP) is 8.61. The second-order valence-electron chi connectivity index (χ2n) is 11.7. The van der Waals surface area contributed by atoms with E-state index < -0.39 is 11.6 Å². The molecule has 0 radical (unpaired) electrons. The number of carbonyl (C=O) groups is 1. The second kappa shape index (κ2) is 12.0. The zero-order chi connectivity index (χ0) is 27.5. The Hall–Kier alpha value is -2.41. The first-order valence-electron chi connectivity index (χ1n) is 14.1. The van der Waals surface area contributed by atoms with E-state index in [1.165, 1.54) is 36.9 Å². The van der Waals surface area contributed by atoms with Gasteiger partial charge in [0, 0.05) is 21.3 Å². The summed E-state index contributed by atoms with van der Waals surface area (Å²) in [6.07, 6.45) is 13.2. The van der Waals surface area contributed by atoms with E-state index in [0.29, 0.717) is 5.92 Å². The number of aryl methyl sites for hydroxylation is 1. The summed E-state index contributed by atoms with van der Waals surface area (Å²) >= 11 is 3.55. The molecule has 2 N–H and O–H groups in total. The lowest BCUT2D eigenvalue weighted by Gasteiger charge is -2.25. The maximum absolute atomic E-state index is 11.6. The van der Waals surface area contributed by atoms with Gasteiger partial charge in [-0.05, 0) is 80.7 Å². The molecule has 0 amide bonds. The number of carboxylic acid groups (broad SMARTS) is 1. The van der Waals surface area contributed by atoms with Crippen LogP contribution in [0.1, 0.15) is 109 Å². The van der Waals surface area contributed by atoms with E-state index in [-0.39, 0.29) is 16.4 Å². The Kier molecular flexibility index (Phi) is 8.65. The normalized spacial score (nSPS) is 18.0. The molecule has 0 aliphatic heterocycles. The molecule has 206 valence electrons. The molecule has 2 fully saturated rings. The van der Waals surface area contributed by atoms with Crippen LogP contribution >= 0.6 is 23.1 Å². The second-order valence-corrected chi connectivity index (χ2v) is 14.3. The van der Waals surface area contributed by atoms with E-state index in [4.69, 9.17) is 4.98 Å². The first kappa shape index (κ1) is 28.1. The van der Waals surface area contributed by atoms with Crippen molar-refractivity contribution in [1.29, 1.82) is 0 Å². The summed E-state index contributed by atoms with van der Waals surface area (Å²) in [4.78, 5) is 16.5. The van der Waals surface area contributed by atoms with Crippen molar-refractivity contribution in [3.05, 3.63) is 86.9 Å². The van der Waals surface area contributed by atoms with Crippen LogP contribution in [-0.2, 0) is 16.8 Å². The largest absolute Gasteiger partial charge is 0.481 e. The van der Waals surface area contributed by atoms with Crippen molar-refractivity contribution >= 4 is 41.2 Å². The molecule has 6 heteroatoms. The summed E-state index contributed by atoms with van der Waals surface area (Å²) in [5, 5.41) is 23.7. The molecule has 4 nitrogen and oxygen atoms in total. The van der Waals surface area contributed by atoms with Crippen molar-refractivity contribution in [1.82, 2.24) is 4.98 Å². The summed E-state index contributed by atoms with van der Waals surface area (Å²) in [6.45, 7) is 3.66. The molecule has 2 aliphatic carbocycles. The van der Waals surface area contributed by atoms with Crippen LogP contribution in [0.15, 0.2) is 53.9 Å². The van der Waals surface area contributed by atoms with Gasteiger partial charge in [0.2, 0.25) is 0 Å². The Bertz CT molecular complexity index is 1310. The quantitative estimate of drug-likeness (QED) is 0.232. The van der Waals surface area contributed by atoms with Gasteiger partial charge in [-0.15, -0.1) is 23.1 Å². The highest BCUT2D eigenvalue weighted by atomic mass is 32.2. The lowest BCUT2D eigenvalue weighted by molar-refractivity contribution is -0.137. The summed E-state index contributed by atoms with van der Waals surface area (Å²) in [6, 6.07) is 16.8. The Morgan fingerprint density at radius 3 is 2.64 bits per heavy atom. The highest BCUT2D eigenvalue weighted by molar-refractivity contribution is 8.01. The molecular formula is C33H39NO3S2. The Labute approximate surface area is 240 Å². The third kappa shape index (κ3) is 7.41. The van der Waals surface area contributed by atoms with E-state index in [0.717, 1.165) is 47.4 Å². The molecule has 0 saturated heterocycles. The summed E-state index contributed by atoms with van der Waals surface area (Å²) in [5.74, 6) is -0.0881. The number of hydrogen-bond acceptors (Lipinski definition) is 5. The van der Waals surface area contributed by atoms with E-state index in [1.807, 2.05) is 43.8 Å². The van der Waals surface area contributed by atoms with Gasteiger partial charge in [-0.25, -0.2) is 4.98 Å². The first-order chi connectivity index (χ1) is 18.7. The van der Waals surface area contributed by atoms with Crippen LogP contribution in [0.3, 0.4) is 0 Å². The first-order valence-corrected chi connectivity index (χ1v) is 15.9. The Morgan fingerprint density at radius 1 is 1.15 bits per heavy atom. The van der Waals surface area contributed by atoms with Crippen molar-refractivity contribution in [2.75, 3.05) is 0 Å². The Morgan fingerprint density at radius 2 is 1.92 bits per heavy atom. The number of aliphatic carboxylic acids is 1. The van der Waals surface area contributed by atoms with Gasteiger partial charge in [0.05, 0.1) is 17.7 Å². The van der Waals surface area contributed by atoms with E-state index >= 15 is 0 Å². The molecule has 0 bridgehead atoms.